The van der Waals surface area contributed by atoms with Crippen LogP contribution < -0.4 is 15.4 Å². The molecule has 6 heteroatoms. The van der Waals surface area contributed by atoms with Crippen molar-refractivity contribution in [3.63, 3.8) is 0 Å². The third kappa shape index (κ3) is 7.73. The average molecular weight is 502 g/mol. The SMILES string of the molecule is CN=C(NCCc1ccccc1)NCc1cccnc1OCc1ccccc1.I. The highest BCUT2D eigenvalue weighted by molar-refractivity contribution is 14.0. The highest BCUT2D eigenvalue weighted by Gasteiger charge is 2.06. The summed E-state index contributed by atoms with van der Waals surface area (Å²) in [4.78, 5) is 8.67. The lowest BCUT2D eigenvalue weighted by Crippen LogP contribution is -2.38. The smallest absolute Gasteiger partial charge is 0.218 e. The molecule has 0 amide bonds. The molecule has 0 spiro atoms. The van der Waals surface area contributed by atoms with Gasteiger partial charge in [0.1, 0.15) is 6.61 Å². The summed E-state index contributed by atoms with van der Waals surface area (Å²) >= 11 is 0. The first-order valence-corrected chi connectivity index (χ1v) is 9.44. The van der Waals surface area contributed by atoms with Gasteiger partial charge in [0.25, 0.3) is 0 Å². The van der Waals surface area contributed by atoms with E-state index in [1.165, 1.54) is 5.56 Å². The minimum Gasteiger partial charge on any atom is -0.473 e. The van der Waals surface area contributed by atoms with E-state index in [1.807, 2.05) is 48.5 Å². The number of pyridine rings is 1. The van der Waals surface area contributed by atoms with Gasteiger partial charge in [-0.25, -0.2) is 4.98 Å². The molecule has 0 saturated carbocycles. The summed E-state index contributed by atoms with van der Waals surface area (Å²) in [5, 5.41) is 6.67. The van der Waals surface area contributed by atoms with Crippen LogP contribution in [-0.2, 0) is 19.6 Å². The first kappa shape index (κ1) is 22.7. The molecule has 2 aromatic carbocycles. The molecule has 0 saturated heterocycles. The Bertz CT molecular complexity index is 872. The Morgan fingerprint density at radius 2 is 1.59 bits per heavy atom. The monoisotopic (exact) mass is 502 g/mol. The van der Waals surface area contributed by atoms with Gasteiger partial charge in [-0.15, -0.1) is 24.0 Å². The molecule has 1 heterocycles. The first-order valence-electron chi connectivity index (χ1n) is 9.44. The molecular formula is C23H27IN4O. The number of aromatic nitrogens is 1. The molecule has 152 valence electrons. The fourth-order valence-electron chi connectivity index (χ4n) is 2.78. The Morgan fingerprint density at radius 3 is 2.28 bits per heavy atom. The number of aliphatic imine (C=N–C) groups is 1. The van der Waals surface area contributed by atoms with Gasteiger partial charge in [-0.2, -0.15) is 0 Å². The van der Waals surface area contributed by atoms with Gasteiger partial charge >= 0.3 is 0 Å². The van der Waals surface area contributed by atoms with E-state index in [9.17, 15) is 0 Å². The highest BCUT2D eigenvalue weighted by atomic mass is 127. The van der Waals surface area contributed by atoms with Crippen LogP contribution in [0, 0.1) is 0 Å². The largest absolute Gasteiger partial charge is 0.473 e. The van der Waals surface area contributed by atoms with Gasteiger partial charge in [0.15, 0.2) is 5.96 Å². The molecule has 0 atom stereocenters. The second-order valence-electron chi connectivity index (χ2n) is 6.33. The van der Waals surface area contributed by atoms with Crippen molar-refractivity contribution in [1.29, 1.82) is 0 Å². The van der Waals surface area contributed by atoms with E-state index in [1.54, 1.807) is 13.2 Å². The number of nitrogens with zero attached hydrogens (tertiary/aromatic N) is 2. The lowest BCUT2D eigenvalue weighted by atomic mass is 10.1. The van der Waals surface area contributed by atoms with Crippen LogP contribution in [0.3, 0.4) is 0 Å². The molecule has 0 radical (unpaired) electrons. The van der Waals surface area contributed by atoms with E-state index in [2.05, 4.69) is 44.9 Å². The topological polar surface area (TPSA) is 58.5 Å². The van der Waals surface area contributed by atoms with E-state index in [0.29, 0.717) is 19.0 Å². The van der Waals surface area contributed by atoms with Crippen LogP contribution in [0.2, 0.25) is 0 Å². The molecule has 0 unspecified atom stereocenters. The Balaban J connectivity index is 0.00000300. The van der Waals surface area contributed by atoms with E-state index in [4.69, 9.17) is 4.74 Å². The van der Waals surface area contributed by atoms with Crippen LogP contribution in [0.15, 0.2) is 84.0 Å². The van der Waals surface area contributed by atoms with Crippen LogP contribution in [-0.4, -0.2) is 24.5 Å². The van der Waals surface area contributed by atoms with Gasteiger partial charge in [-0.05, 0) is 23.6 Å². The van der Waals surface area contributed by atoms with E-state index in [0.717, 1.165) is 30.1 Å². The van der Waals surface area contributed by atoms with Crippen LogP contribution in [0.4, 0.5) is 0 Å². The summed E-state index contributed by atoms with van der Waals surface area (Å²) in [5.41, 5.74) is 3.41. The molecule has 5 nitrogen and oxygen atoms in total. The molecule has 3 rings (SSSR count). The number of hydrogen-bond donors (Lipinski definition) is 2. The van der Waals surface area contributed by atoms with Crippen LogP contribution in [0.1, 0.15) is 16.7 Å². The molecular weight excluding hydrogens is 475 g/mol. The summed E-state index contributed by atoms with van der Waals surface area (Å²) in [5.74, 6) is 1.40. The summed E-state index contributed by atoms with van der Waals surface area (Å²) in [6.07, 6.45) is 2.69. The predicted molar refractivity (Wildman–Crippen MR) is 129 cm³/mol. The van der Waals surface area contributed by atoms with Gasteiger partial charge in [0.2, 0.25) is 5.88 Å². The van der Waals surface area contributed by atoms with Crippen LogP contribution in [0.25, 0.3) is 0 Å². The Morgan fingerprint density at radius 1 is 0.897 bits per heavy atom. The van der Waals surface area contributed by atoms with Gasteiger partial charge in [0.05, 0.1) is 0 Å². The number of guanidine groups is 1. The van der Waals surface area contributed by atoms with Crippen molar-refractivity contribution >= 4 is 29.9 Å². The van der Waals surface area contributed by atoms with Crippen molar-refractivity contribution < 1.29 is 4.74 Å². The quantitative estimate of drug-likeness (QED) is 0.276. The second-order valence-corrected chi connectivity index (χ2v) is 6.33. The average Bonchev–Trinajstić information content (AvgIpc) is 2.76. The number of nitrogens with one attached hydrogen (secondary N) is 2. The highest BCUT2D eigenvalue weighted by Crippen LogP contribution is 2.15. The van der Waals surface area contributed by atoms with Crippen molar-refractivity contribution in [2.75, 3.05) is 13.6 Å². The lowest BCUT2D eigenvalue weighted by Gasteiger charge is -2.14. The Labute approximate surface area is 189 Å². The minimum absolute atomic E-state index is 0. The summed E-state index contributed by atoms with van der Waals surface area (Å²) < 4.78 is 5.92. The maximum absolute atomic E-state index is 5.92. The standard InChI is InChI=1S/C23H26N4O.HI/c1-24-23(26-16-14-19-9-4-2-5-10-19)27-17-21-13-8-15-25-22(21)28-18-20-11-6-3-7-12-20;/h2-13,15H,14,16-18H2,1H3,(H2,24,26,27);1H. The molecule has 0 fully saturated rings. The maximum Gasteiger partial charge on any atom is 0.218 e. The van der Waals surface area contributed by atoms with Gasteiger partial charge in [0, 0.05) is 31.9 Å². The van der Waals surface area contributed by atoms with Crippen molar-refractivity contribution in [2.24, 2.45) is 4.99 Å². The van der Waals surface area contributed by atoms with Crippen molar-refractivity contribution in [3.05, 3.63) is 95.7 Å². The van der Waals surface area contributed by atoms with E-state index >= 15 is 0 Å². The zero-order chi connectivity index (χ0) is 19.4. The number of ether oxygens (including phenoxy) is 1. The molecule has 29 heavy (non-hydrogen) atoms. The molecule has 0 aliphatic rings. The van der Waals surface area contributed by atoms with Gasteiger partial charge in [-0.1, -0.05) is 66.7 Å². The number of halogens is 1. The van der Waals surface area contributed by atoms with Crippen molar-refractivity contribution in [2.45, 2.75) is 19.6 Å². The van der Waals surface area contributed by atoms with Gasteiger partial charge in [-0.3, -0.25) is 4.99 Å². The van der Waals surface area contributed by atoms with Crippen LogP contribution in [0.5, 0.6) is 5.88 Å². The zero-order valence-electron chi connectivity index (χ0n) is 16.5. The lowest BCUT2D eigenvalue weighted by molar-refractivity contribution is 0.290. The summed E-state index contributed by atoms with van der Waals surface area (Å²) in [6.45, 7) is 1.89. The number of hydrogen-bond acceptors (Lipinski definition) is 3. The molecule has 2 N–H and O–H groups in total. The molecule has 0 bridgehead atoms. The molecule has 0 aliphatic carbocycles. The third-order valence-electron chi connectivity index (χ3n) is 4.29. The zero-order valence-corrected chi connectivity index (χ0v) is 18.9. The second kappa shape index (κ2) is 12.8. The molecule has 3 aromatic rings. The molecule has 0 aliphatic heterocycles. The maximum atomic E-state index is 5.92. The predicted octanol–water partition coefficient (Wildman–Crippen LogP) is 4.19. The van der Waals surface area contributed by atoms with Gasteiger partial charge < -0.3 is 15.4 Å². The van der Waals surface area contributed by atoms with Crippen molar-refractivity contribution in [3.8, 4) is 5.88 Å². The van der Waals surface area contributed by atoms with Crippen molar-refractivity contribution in [1.82, 2.24) is 15.6 Å². The molecule has 1 aromatic heterocycles. The number of benzene rings is 2. The Hall–Kier alpha value is -2.61. The minimum atomic E-state index is 0. The van der Waals surface area contributed by atoms with Crippen LogP contribution >= 0.6 is 24.0 Å². The fraction of sp³-hybridized carbons (Fsp3) is 0.217. The third-order valence-corrected chi connectivity index (χ3v) is 4.29. The normalized spacial score (nSPS) is 10.7. The van der Waals surface area contributed by atoms with E-state index in [-0.39, 0.29) is 24.0 Å². The number of rotatable bonds is 8. The first-order chi connectivity index (χ1) is 13.8. The summed E-state index contributed by atoms with van der Waals surface area (Å²) in [6, 6.07) is 24.4. The van der Waals surface area contributed by atoms with E-state index < -0.39 is 0 Å². The summed E-state index contributed by atoms with van der Waals surface area (Å²) in [7, 11) is 1.77. The fourth-order valence-corrected chi connectivity index (χ4v) is 2.78. The Kier molecular flexibility index (Phi) is 9.99.